The Balaban J connectivity index is 1.97. The van der Waals surface area contributed by atoms with Crippen LogP contribution in [0.1, 0.15) is 57.3 Å². The van der Waals surface area contributed by atoms with E-state index in [2.05, 4.69) is 6.08 Å². The summed E-state index contributed by atoms with van der Waals surface area (Å²) in [7, 11) is 0. The summed E-state index contributed by atoms with van der Waals surface area (Å²) in [6.07, 6.45) is 2.37. The Morgan fingerprint density at radius 1 is 1.26 bits per heavy atom. The number of hydrogen-bond acceptors (Lipinski definition) is 5. The summed E-state index contributed by atoms with van der Waals surface area (Å²) in [6.45, 7) is 7.87. The smallest absolute Gasteiger partial charge is 0.338 e. The van der Waals surface area contributed by atoms with Crippen LogP contribution in [-0.4, -0.2) is 39.1 Å². The van der Waals surface area contributed by atoms with Gasteiger partial charge in [-0.3, -0.25) is 0 Å². The molecule has 5 atom stereocenters. The molecule has 3 N–H and O–H groups in total. The lowest BCUT2D eigenvalue weighted by Gasteiger charge is -2.43. The molecule has 5 nitrogen and oxygen atoms in total. The number of carbonyl (C=O) groups is 1. The van der Waals surface area contributed by atoms with Gasteiger partial charge in [0, 0.05) is 24.2 Å². The molecule has 0 bridgehead atoms. The van der Waals surface area contributed by atoms with Gasteiger partial charge in [-0.05, 0) is 43.5 Å². The standard InChI is InChI=1S/C22H30O5/c1-13(2)22(26)12-18(24)21(4)10-9-14(3)11-17(19(21)22)27-20(25)15-5-7-16(23)8-6-15/h5-9,13,17-19,23-24,26H,10-12H2,1-4H3/t17-,18-,19-,21-,22+/m1/s1. The van der Waals surface area contributed by atoms with Crippen LogP contribution in [0.3, 0.4) is 0 Å². The molecule has 3 rings (SSSR count). The summed E-state index contributed by atoms with van der Waals surface area (Å²) >= 11 is 0. The van der Waals surface area contributed by atoms with E-state index < -0.39 is 29.2 Å². The van der Waals surface area contributed by atoms with Crippen molar-refractivity contribution in [1.82, 2.24) is 0 Å². The second kappa shape index (κ2) is 6.95. The summed E-state index contributed by atoms with van der Waals surface area (Å²) < 4.78 is 5.91. The lowest BCUT2D eigenvalue weighted by molar-refractivity contribution is -0.113. The molecule has 2 aliphatic carbocycles. The van der Waals surface area contributed by atoms with Gasteiger partial charge in [0.2, 0.25) is 0 Å². The number of benzene rings is 1. The Bertz CT molecular complexity index is 738. The minimum Gasteiger partial charge on any atom is -0.508 e. The summed E-state index contributed by atoms with van der Waals surface area (Å²) in [6, 6.07) is 5.94. The van der Waals surface area contributed by atoms with Crippen LogP contribution in [0.2, 0.25) is 0 Å². The van der Waals surface area contributed by atoms with Crippen LogP contribution in [0.15, 0.2) is 35.9 Å². The molecular weight excluding hydrogens is 344 g/mol. The van der Waals surface area contributed by atoms with Gasteiger partial charge in [0.25, 0.3) is 0 Å². The van der Waals surface area contributed by atoms with Crippen molar-refractivity contribution in [2.45, 2.75) is 64.8 Å². The maximum absolute atomic E-state index is 12.7. The molecule has 0 unspecified atom stereocenters. The topological polar surface area (TPSA) is 87.0 Å². The highest BCUT2D eigenvalue weighted by atomic mass is 16.5. The van der Waals surface area contributed by atoms with Crippen molar-refractivity contribution < 1.29 is 24.9 Å². The van der Waals surface area contributed by atoms with E-state index in [4.69, 9.17) is 4.74 Å². The van der Waals surface area contributed by atoms with Gasteiger partial charge in [0.1, 0.15) is 11.9 Å². The van der Waals surface area contributed by atoms with Crippen LogP contribution in [-0.2, 0) is 4.74 Å². The van der Waals surface area contributed by atoms with E-state index in [-0.39, 0.29) is 24.0 Å². The maximum atomic E-state index is 12.7. The molecular formula is C22H30O5. The number of ether oxygens (including phenoxy) is 1. The number of allylic oxidation sites excluding steroid dienone is 1. The minimum atomic E-state index is -1.10. The van der Waals surface area contributed by atoms with Crippen molar-refractivity contribution in [2.24, 2.45) is 17.3 Å². The third kappa shape index (κ3) is 3.39. The molecule has 1 fully saturated rings. The molecule has 0 heterocycles. The van der Waals surface area contributed by atoms with Crippen molar-refractivity contribution in [3.63, 3.8) is 0 Å². The summed E-state index contributed by atoms with van der Waals surface area (Å²) in [5.41, 5.74) is -0.220. The summed E-state index contributed by atoms with van der Waals surface area (Å²) in [5, 5.41) is 31.7. The molecule has 1 saturated carbocycles. The predicted octanol–water partition coefficient (Wildman–Crippen LogP) is 3.43. The van der Waals surface area contributed by atoms with Crippen LogP contribution in [0, 0.1) is 17.3 Å². The van der Waals surface area contributed by atoms with E-state index in [0.717, 1.165) is 5.57 Å². The molecule has 0 radical (unpaired) electrons. The molecule has 0 amide bonds. The van der Waals surface area contributed by atoms with Gasteiger partial charge >= 0.3 is 5.97 Å². The average molecular weight is 374 g/mol. The highest BCUT2D eigenvalue weighted by Crippen LogP contribution is 2.58. The van der Waals surface area contributed by atoms with E-state index in [9.17, 15) is 20.1 Å². The number of rotatable bonds is 3. The maximum Gasteiger partial charge on any atom is 0.338 e. The highest BCUT2D eigenvalue weighted by Gasteiger charge is 2.63. The molecule has 0 spiro atoms. The van der Waals surface area contributed by atoms with E-state index in [1.54, 1.807) is 0 Å². The minimum absolute atomic E-state index is 0.0766. The number of esters is 1. The van der Waals surface area contributed by atoms with Crippen LogP contribution >= 0.6 is 0 Å². The first kappa shape index (κ1) is 19.9. The Morgan fingerprint density at radius 2 is 1.89 bits per heavy atom. The van der Waals surface area contributed by atoms with Crippen LogP contribution in [0.25, 0.3) is 0 Å². The van der Waals surface area contributed by atoms with Gasteiger partial charge in [-0.15, -0.1) is 0 Å². The molecule has 1 aromatic rings. The monoisotopic (exact) mass is 374 g/mol. The normalized spacial score (nSPS) is 36.1. The number of aliphatic hydroxyl groups excluding tert-OH is 1. The molecule has 0 aliphatic heterocycles. The number of hydrogen-bond donors (Lipinski definition) is 3. The third-order valence-electron chi connectivity index (χ3n) is 6.68. The number of phenols is 1. The Labute approximate surface area is 160 Å². The zero-order valence-corrected chi connectivity index (χ0v) is 16.5. The average Bonchev–Trinajstić information content (AvgIpc) is 2.70. The second-order valence-corrected chi connectivity index (χ2v) is 8.80. The second-order valence-electron chi connectivity index (χ2n) is 8.80. The van der Waals surface area contributed by atoms with Crippen LogP contribution in [0.4, 0.5) is 0 Å². The van der Waals surface area contributed by atoms with E-state index in [1.165, 1.54) is 24.3 Å². The van der Waals surface area contributed by atoms with Crippen LogP contribution in [0.5, 0.6) is 5.75 Å². The van der Waals surface area contributed by atoms with Gasteiger partial charge in [0.05, 0.1) is 17.3 Å². The summed E-state index contributed by atoms with van der Waals surface area (Å²) in [5.74, 6) is -0.841. The fourth-order valence-electron chi connectivity index (χ4n) is 4.88. The molecule has 0 aromatic heterocycles. The number of aromatic hydroxyl groups is 1. The fraction of sp³-hybridized carbons (Fsp3) is 0.591. The molecule has 27 heavy (non-hydrogen) atoms. The third-order valence-corrected chi connectivity index (χ3v) is 6.68. The number of aliphatic hydroxyl groups is 2. The lowest BCUT2D eigenvalue weighted by atomic mass is 9.67. The molecule has 1 aromatic carbocycles. The zero-order valence-electron chi connectivity index (χ0n) is 16.5. The first-order valence-corrected chi connectivity index (χ1v) is 9.64. The Kier molecular flexibility index (Phi) is 5.12. The molecule has 5 heteroatoms. The van der Waals surface area contributed by atoms with E-state index >= 15 is 0 Å². The lowest BCUT2D eigenvalue weighted by Crippen LogP contribution is -2.50. The van der Waals surface area contributed by atoms with Gasteiger partial charge in [0.15, 0.2) is 0 Å². The Hall–Kier alpha value is -1.85. The van der Waals surface area contributed by atoms with Crippen molar-refractivity contribution in [1.29, 1.82) is 0 Å². The van der Waals surface area contributed by atoms with Crippen molar-refractivity contribution >= 4 is 5.97 Å². The highest BCUT2D eigenvalue weighted by molar-refractivity contribution is 5.89. The largest absolute Gasteiger partial charge is 0.508 e. The van der Waals surface area contributed by atoms with Gasteiger partial charge in [-0.2, -0.15) is 0 Å². The van der Waals surface area contributed by atoms with E-state index in [0.29, 0.717) is 18.4 Å². The molecule has 148 valence electrons. The fourth-order valence-corrected chi connectivity index (χ4v) is 4.88. The summed E-state index contributed by atoms with van der Waals surface area (Å²) in [4.78, 5) is 12.7. The Morgan fingerprint density at radius 3 is 2.48 bits per heavy atom. The SMILES string of the molecule is CC1=CC[C@]2(C)[C@H](O)C[C@](O)(C(C)C)[C@@H]2[C@H](OC(=O)c2ccc(O)cc2)C1. The van der Waals surface area contributed by atoms with Crippen molar-refractivity contribution in [3.05, 3.63) is 41.5 Å². The van der Waals surface area contributed by atoms with Crippen molar-refractivity contribution in [3.8, 4) is 5.75 Å². The van der Waals surface area contributed by atoms with Crippen molar-refractivity contribution in [2.75, 3.05) is 0 Å². The number of phenolic OH excluding ortho intramolecular Hbond substituents is 1. The van der Waals surface area contributed by atoms with Gasteiger partial charge < -0.3 is 20.1 Å². The first-order chi connectivity index (χ1) is 12.6. The van der Waals surface area contributed by atoms with Gasteiger partial charge in [-0.1, -0.05) is 32.4 Å². The first-order valence-electron chi connectivity index (χ1n) is 9.64. The van der Waals surface area contributed by atoms with E-state index in [1.807, 2.05) is 27.7 Å². The zero-order chi connectivity index (χ0) is 20.0. The number of fused-ring (bicyclic) bond motifs is 1. The quantitative estimate of drug-likeness (QED) is 0.557. The molecule has 2 aliphatic rings. The molecule has 0 saturated heterocycles. The van der Waals surface area contributed by atoms with Crippen LogP contribution < -0.4 is 0 Å². The number of carbonyl (C=O) groups excluding carboxylic acids is 1. The van der Waals surface area contributed by atoms with Gasteiger partial charge in [-0.25, -0.2) is 4.79 Å². The predicted molar refractivity (Wildman–Crippen MR) is 102 cm³/mol.